The molecule has 1 amide bonds. The monoisotopic (exact) mass is 287 g/mol. The van der Waals surface area contributed by atoms with Crippen molar-refractivity contribution in [3.05, 3.63) is 52.4 Å². The second-order valence-corrected chi connectivity index (χ2v) is 5.31. The number of rotatable bonds is 4. The topological polar surface area (TPSA) is 51.5 Å². The van der Waals surface area contributed by atoms with Gasteiger partial charge in [-0.25, -0.2) is 0 Å². The second kappa shape index (κ2) is 5.38. The van der Waals surface area contributed by atoms with Crippen molar-refractivity contribution in [1.29, 1.82) is 0 Å². The molecule has 0 saturated heterocycles. The lowest BCUT2D eigenvalue weighted by Gasteiger charge is -2.07. The molecule has 20 heavy (non-hydrogen) atoms. The number of carbonyl (C=O) groups is 1. The van der Waals surface area contributed by atoms with Crippen LogP contribution in [0, 0.1) is 0 Å². The average Bonchev–Trinajstić information content (AvgIpc) is 3.14. The van der Waals surface area contributed by atoms with E-state index in [0.29, 0.717) is 23.4 Å². The summed E-state index contributed by atoms with van der Waals surface area (Å²) in [5.41, 5.74) is 1.17. The van der Waals surface area contributed by atoms with Crippen LogP contribution in [0.25, 0.3) is 11.0 Å². The number of amides is 1. The molecule has 2 heterocycles. The van der Waals surface area contributed by atoms with E-state index in [1.165, 1.54) is 0 Å². The van der Waals surface area contributed by atoms with E-state index in [1.54, 1.807) is 36.8 Å². The minimum absolute atomic E-state index is 0.144. The minimum Gasteiger partial charge on any atom is -0.496 e. The first-order valence-corrected chi connectivity index (χ1v) is 7.01. The molecule has 2 aromatic heterocycles. The summed E-state index contributed by atoms with van der Waals surface area (Å²) in [7, 11) is 1.58. The van der Waals surface area contributed by atoms with E-state index in [1.807, 2.05) is 23.6 Å². The molecule has 4 nitrogen and oxygen atoms in total. The van der Waals surface area contributed by atoms with Crippen molar-refractivity contribution in [2.24, 2.45) is 0 Å². The quantitative estimate of drug-likeness (QED) is 0.799. The number of methoxy groups -OCH3 is 1. The maximum atomic E-state index is 12.2. The maximum absolute atomic E-state index is 12.2. The molecule has 102 valence electrons. The van der Waals surface area contributed by atoms with Crippen molar-refractivity contribution in [1.82, 2.24) is 5.32 Å². The van der Waals surface area contributed by atoms with E-state index in [4.69, 9.17) is 9.15 Å². The van der Waals surface area contributed by atoms with Crippen molar-refractivity contribution in [3.8, 4) is 5.75 Å². The number of hydrogen-bond donors (Lipinski definition) is 1. The Morgan fingerprint density at radius 2 is 2.30 bits per heavy atom. The predicted octanol–water partition coefficient (Wildman–Crippen LogP) is 3.43. The average molecular weight is 287 g/mol. The van der Waals surface area contributed by atoms with Crippen LogP contribution in [0.15, 0.2) is 46.4 Å². The lowest BCUT2D eigenvalue weighted by atomic mass is 10.1. The molecular weight excluding hydrogens is 274 g/mol. The fourth-order valence-electron chi connectivity index (χ4n) is 2.02. The third-order valence-corrected chi connectivity index (χ3v) is 3.90. The van der Waals surface area contributed by atoms with Crippen LogP contribution in [-0.4, -0.2) is 13.0 Å². The van der Waals surface area contributed by atoms with Gasteiger partial charge in [-0.15, -0.1) is 11.3 Å². The summed E-state index contributed by atoms with van der Waals surface area (Å²) in [5.74, 6) is 0.493. The fraction of sp³-hybridized carbons (Fsp3) is 0.133. The van der Waals surface area contributed by atoms with Gasteiger partial charge in [-0.2, -0.15) is 0 Å². The van der Waals surface area contributed by atoms with Gasteiger partial charge in [0.25, 0.3) is 5.91 Å². The minimum atomic E-state index is -0.144. The summed E-state index contributed by atoms with van der Waals surface area (Å²) < 4.78 is 10.6. The SMILES string of the molecule is COc1cc(C(=O)NCc2cccs2)cc2occc12. The molecule has 0 radical (unpaired) electrons. The van der Waals surface area contributed by atoms with Crippen molar-refractivity contribution >= 4 is 28.2 Å². The van der Waals surface area contributed by atoms with Crippen LogP contribution in [0.1, 0.15) is 15.2 Å². The third kappa shape index (κ3) is 2.40. The Balaban J connectivity index is 1.83. The van der Waals surface area contributed by atoms with Crippen LogP contribution < -0.4 is 10.1 Å². The Hall–Kier alpha value is -2.27. The van der Waals surface area contributed by atoms with Crippen LogP contribution in [0.4, 0.5) is 0 Å². The van der Waals surface area contributed by atoms with Crippen molar-refractivity contribution in [3.63, 3.8) is 0 Å². The second-order valence-electron chi connectivity index (χ2n) is 4.27. The van der Waals surface area contributed by atoms with Crippen LogP contribution >= 0.6 is 11.3 Å². The zero-order chi connectivity index (χ0) is 13.9. The van der Waals surface area contributed by atoms with Gasteiger partial charge in [-0.1, -0.05) is 6.07 Å². The highest BCUT2D eigenvalue weighted by Gasteiger charge is 2.12. The molecule has 0 saturated carbocycles. The number of carbonyl (C=O) groups excluding carboxylic acids is 1. The number of fused-ring (bicyclic) bond motifs is 1. The predicted molar refractivity (Wildman–Crippen MR) is 78.3 cm³/mol. The van der Waals surface area contributed by atoms with Gasteiger partial charge < -0.3 is 14.5 Å². The van der Waals surface area contributed by atoms with E-state index in [9.17, 15) is 4.79 Å². The van der Waals surface area contributed by atoms with E-state index in [-0.39, 0.29) is 5.91 Å². The Bertz CT molecular complexity index is 731. The van der Waals surface area contributed by atoms with Crippen LogP contribution in [-0.2, 0) is 6.54 Å². The fourth-order valence-corrected chi connectivity index (χ4v) is 2.67. The molecule has 3 aromatic rings. The van der Waals surface area contributed by atoms with E-state index in [0.717, 1.165) is 10.3 Å². The highest BCUT2D eigenvalue weighted by Crippen LogP contribution is 2.28. The van der Waals surface area contributed by atoms with Crippen LogP contribution in [0.2, 0.25) is 0 Å². The Kier molecular flexibility index (Phi) is 3.43. The first-order valence-electron chi connectivity index (χ1n) is 6.14. The molecule has 5 heteroatoms. The molecule has 1 aromatic carbocycles. The molecule has 3 rings (SSSR count). The van der Waals surface area contributed by atoms with Gasteiger partial charge in [-0.05, 0) is 29.6 Å². The van der Waals surface area contributed by atoms with Crippen LogP contribution in [0.3, 0.4) is 0 Å². The normalized spacial score (nSPS) is 10.7. The van der Waals surface area contributed by atoms with Gasteiger partial charge in [0.05, 0.1) is 25.3 Å². The standard InChI is InChI=1S/C15H13NO3S/c1-18-13-7-10(8-14-12(13)4-5-19-14)15(17)16-9-11-3-2-6-20-11/h2-8H,9H2,1H3,(H,16,17). The molecule has 0 fully saturated rings. The highest BCUT2D eigenvalue weighted by atomic mass is 32.1. The molecule has 1 N–H and O–H groups in total. The summed E-state index contributed by atoms with van der Waals surface area (Å²) in [6.45, 7) is 0.523. The molecule has 0 unspecified atom stereocenters. The van der Waals surface area contributed by atoms with Crippen molar-refractivity contribution < 1.29 is 13.9 Å². The third-order valence-electron chi connectivity index (χ3n) is 3.02. The number of nitrogens with one attached hydrogen (secondary N) is 1. The highest BCUT2D eigenvalue weighted by molar-refractivity contribution is 7.09. The first kappa shape index (κ1) is 12.7. The lowest BCUT2D eigenvalue weighted by Crippen LogP contribution is -2.22. The largest absolute Gasteiger partial charge is 0.496 e. The summed E-state index contributed by atoms with van der Waals surface area (Å²) in [5, 5.41) is 5.73. The summed E-state index contributed by atoms with van der Waals surface area (Å²) in [4.78, 5) is 13.3. The smallest absolute Gasteiger partial charge is 0.251 e. The molecule has 0 spiro atoms. The number of furan rings is 1. The molecule has 0 aliphatic rings. The van der Waals surface area contributed by atoms with Crippen molar-refractivity contribution in [2.45, 2.75) is 6.54 Å². The van der Waals surface area contributed by atoms with Gasteiger partial charge in [0.15, 0.2) is 0 Å². The van der Waals surface area contributed by atoms with E-state index >= 15 is 0 Å². The lowest BCUT2D eigenvalue weighted by molar-refractivity contribution is 0.0951. The Morgan fingerprint density at radius 1 is 1.40 bits per heavy atom. The van der Waals surface area contributed by atoms with Crippen molar-refractivity contribution in [2.75, 3.05) is 7.11 Å². The zero-order valence-electron chi connectivity index (χ0n) is 10.9. The Morgan fingerprint density at radius 3 is 3.05 bits per heavy atom. The van der Waals surface area contributed by atoms with Gasteiger partial charge in [-0.3, -0.25) is 4.79 Å². The van der Waals surface area contributed by atoms with E-state index in [2.05, 4.69) is 5.32 Å². The number of thiophene rings is 1. The van der Waals surface area contributed by atoms with Gasteiger partial charge in [0.2, 0.25) is 0 Å². The Labute approximate surface area is 120 Å². The summed E-state index contributed by atoms with van der Waals surface area (Å²) >= 11 is 1.61. The van der Waals surface area contributed by atoms with Gasteiger partial charge in [0, 0.05) is 10.4 Å². The summed E-state index contributed by atoms with van der Waals surface area (Å²) in [6.07, 6.45) is 1.58. The van der Waals surface area contributed by atoms with Crippen LogP contribution in [0.5, 0.6) is 5.75 Å². The number of hydrogen-bond acceptors (Lipinski definition) is 4. The van der Waals surface area contributed by atoms with Gasteiger partial charge >= 0.3 is 0 Å². The number of ether oxygens (including phenoxy) is 1. The first-order chi connectivity index (χ1) is 9.78. The maximum Gasteiger partial charge on any atom is 0.251 e. The molecule has 0 bridgehead atoms. The molecule has 0 aliphatic heterocycles. The van der Waals surface area contributed by atoms with E-state index < -0.39 is 0 Å². The zero-order valence-corrected chi connectivity index (χ0v) is 11.7. The molecule has 0 atom stereocenters. The number of benzene rings is 1. The molecule has 0 aliphatic carbocycles. The van der Waals surface area contributed by atoms with Gasteiger partial charge in [0.1, 0.15) is 11.3 Å². The summed E-state index contributed by atoms with van der Waals surface area (Å²) in [6, 6.07) is 9.22. The molecular formula is C15H13NO3S.